The monoisotopic (exact) mass is 316 g/mol. The SMILES string of the molecule is Cc1nc(CCCC(=O)N2CCOc3ccccc3C2)cs1. The number of ether oxygens (including phenoxy) is 1. The van der Waals surface area contributed by atoms with Gasteiger partial charge < -0.3 is 9.64 Å². The molecule has 1 aliphatic heterocycles. The lowest BCUT2D eigenvalue weighted by atomic mass is 10.1. The Morgan fingerprint density at radius 2 is 2.27 bits per heavy atom. The summed E-state index contributed by atoms with van der Waals surface area (Å²) in [4.78, 5) is 18.7. The molecule has 0 radical (unpaired) electrons. The number of fused-ring (bicyclic) bond motifs is 1. The standard InChI is InChI=1S/C17H20N2O2S/c1-13-18-15(12-22-13)6-4-8-17(20)19-9-10-21-16-7-3-2-5-14(16)11-19/h2-3,5,7,12H,4,6,8-11H2,1H3. The van der Waals surface area contributed by atoms with Crippen LogP contribution in [-0.4, -0.2) is 28.9 Å². The van der Waals surface area contributed by atoms with Crippen LogP contribution in [0.25, 0.3) is 0 Å². The first kappa shape index (κ1) is 15.0. The Morgan fingerprint density at radius 1 is 1.41 bits per heavy atom. The molecule has 4 nitrogen and oxygen atoms in total. The van der Waals surface area contributed by atoms with E-state index in [2.05, 4.69) is 10.4 Å². The fourth-order valence-corrected chi connectivity index (χ4v) is 3.29. The largest absolute Gasteiger partial charge is 0.491 e. The maximum atomic E-state index is 12.4. The molecule has 1 amide bonds. The van der Waals surface area contributed by atoms with E-state index in [4.69, 9.17) is 4.74 Å². The van der Waals surface area contributed by atoms with Crippen molar-refractivity contribution in [2.24, 2.45) is 0 Å². The topological polar surface area (TPSA) is 42.4 Å². The second-order valence-corrected chi connectivity index (χ2v) is 6.55. The fraction of sp³-hybridized carbons (Fsp3) is 0.412. The molecule has 1 aromatic carbocycles. The van der Waals surface area contributed by atoms with Gasteiger partial charge in [-0.05, 0) is 25.8 Å². The molecule has 3 rings (SSSR count). The molecule has 0 unspecified atom stereocenters. The first-order valence-corrected chi connectivity index (χ1v) is 8.50. The van der Waals surface area contributed by atoms with Crippen LogP contribution in [-0.2, 0) is 17.8 Å². The molecule has 0 aliphatic carbocycles. The minimum absolute atomic E-state index is 0.201. The van der Waals surface area contributed by atoms with Gasteiger partial charge >= 0.3 is 0 Å². The van der Waals surface area contributed by atoms with E-state index in [0.717, 1.165) is 34.9 Å². The highest BCUT2D eigenvalue weighted by Crippen LogP contribution is 2.23. The van der Waals surface area contributed by atoms with Crippen molar-refractivity contribution in [2.45, 2.75) is 32.7 Å². The van der Waals surface area contributed by atoms with Crippen molar-refractivity contribution in [1.29, 1.82) is 0 Å². The van der Waals surface area contributed by atoms with Gasteiger partial charge in [0.25, 0.3) is 0 Å². The quantitative estimate of drug-likeness (QED) is 0.870. The highest BCUT2D eigenvalue weighted by molar-refractivity contribution is 7.09. The molecule has 5 heteroatoms. The number of rotatable bonds is 4. The van der Waals surface area contributed by atoms with Crippen molar-refractivity contribution >= 4 is 17.2 Å². The number of carbonyl (C=O) groups excluding carboxylic acids is 1. The summed E-state index contributed by atoms with van der Waals surface area (Å²) < 4.78 is 5.70. The zero-order chi connectivity index (χ0) is 15.4. The minimum Gasteiger partial charge on any atom is -0.491 e. The minimum atomic E-state index is 0.201. The zero-order valence-electron chi connectivity index (χ0n) is 12.7. The Bertz CT molecular complexity index is 654. The number of aromatic nitrogens is 1. The summed E-state index contributed by atoms with van der Waals surface area (Å²) in [6.07, 6.45) is 2.29. The molecule has 0 N–H and O–H groups in total. The van der Waals surface area contributed by atoms with Crippen molar-refractivity contribution in [3.05, 3.63) is 45.9 Å². The lowest BCUT2D eigenvalue weighted by Gasteiger charge is -2.19. The van der Waals surface area contributed by atoms with E-state index in [9.17, 15) is 4.79 Å². The molecule has 0 fully saturated rings. The van der Waals surface area contributed by atoms with Crippen LogP contribution in [0, 0.1) is 6.92 Å². The molecule has 116 valence electrons. The second kappa shape index (κ2) is 6.92. The summed E-state index contributed by atoms with van der Waals surface area (Å²) in [6, 6.07) is 7.94. The maximum Gasteiger partial charge on any atom is 0.222 e. The average Bonchev–Trinajstić information content (AvgIpc) is 2.81. The molecular formula is C17H20N2O2S. The third kappa shape index (κ3) is 3.65. The number of hydrogen-bond donors (Lipinski definition) is 0. The van der Waals surface area contributed by atoms with Crippen LogP contribution in [0.1, 0.15) is 29.1 Å². The Kier molecular flexibility index (Phi) is 4.73. The summed E-state index contributed by atoms with van der Waals surface area (Å²) >= 11 is 1.66. The number of thiazole rings is 1. The number of benzene rings is 1. The van der Waals surface area contributed by atoms with Crippen molar-refractivity contribution in [2.75, 3.05) is 13.2 Å². The van der Waals surface area contributed by atoms with E-state index in [-0.39, 0.29) is 5.91 Å². The van der Waals surface area contributed by atoms with E-state index in [0.29, 0.717) is 26.1 Å². The van der Waals surface area contributed by atoms with Crippen LogP contribution in [0.5, 0.6) is 5.75 Å². The Labute approximate surface area is 134 Å². The van der Waals surface area contributed by atoms with E-state index >= 15 is 0 Å². The number of carbonyl (C=O) groups is 1. The molecule has 0 saturated heterocycles. The van der Waals surface area contributed by atoms with Crippen molar-refractivity contribution < 1.29 is 9.53 Å². The average molecular weight is 316 g/mol. The van der Waals surface area contributed by atoms with Gasteiger partial charge in [0.05, 0.1) is 17.2 Å². The van der Waals surface area contributed by atoms with Gasteiger partial charge in [0.1, 0.15) is 12.4 Å². The molecule has 0 saturated carbocycles. The summed E-state index contributed by atoms with van der Waals surface area (Å²) in [5.41, 5.74) is 2.18. The van der Waals surface area contributed by atoms with Gasteiger partial charge in [0, 0.05) is 23.9 Å². The molecule has 1 aliphatic rings. The fourth-order valence-electron chi connectivity index (χ4n) is 2.64. The van der Waals surface area contributed by atoms with Gasteiger partial charge in [-0.1, -0.05) is 18.2 Å². The van der Waals surface area contributed by atoms with Crippen LogP contribution >= 0.6 is 11.3 Å². The van der Waals surface area contributed by atoms with Crippen LogP contribution in [0.3, 0.4) is 0 Å². The zero-order valence-corrected chi connectivity index (χ0v) is 13.6. The summed E-state index contributed by atoms with van der Waals surface area (Å²) in [5, 5.41) is 3.16. The molecule has 2 heterocycles. The predicted molar refractivity (Wildman–Crippen MR) is 87.1 cm³/mol. The Hall–Kier alpha value is -1.88. The van der Waals surface area contributed by atoms with Gasteiger partial charge in [-0.25, -0.2) is 4.98 Å². The molecule has 0 bridgehead atoms. The van der Waals surface area contributed by atoms with Crippen LogP contribution in [0.2, 0.25) is 0 Å². The second-order valence-electron chi connectivity index (χ2n) is 5.48. The van der Waals surface area contributed by atoms with Gasteiger partial charge in [0.15, 0.2) is 0 Å². The van der Waals surface area contributed by atoms with Crippen molar-refractivity contribution in [3.63, 3.8) is 0 Å². The number of amides is 1. The van der Waals surface area contributed by atoms with Gasteiger partial charge in [-0.2, -0.15) is 0 Å². The van der Waals surface area contributed by atoms with E-state index in [1.807, 2.05) is 36.1 Å². The lowest BCUT2D eigenvalue weighted by molar-refractivity contribution is -0.132. The molecule has 2 aromatic rings. The van der Waals surface area contributed by atoms with E-state index in [1.165, 1.54) is 0 Å². The summed E-state index contributed by atoms with van der Waals surface area (Å²) in [7, 11) is 0. The predicted octanol–water partition coefficient (Wildman–Crippen LogP) is 3.20. The van der Waals surface area contributed by atoms with Crippen LogP contribution < -0.4 is 4.74 Å². The van der Waals surface area contributed by atoms with E-state index < -0.39 is 0 Å². The lowest BCUT2D eigenvalue weighted by Crippen LogP contribution is -2.32. The van der Waals surface area contributed by atoms with Gasteiger partial charge in [-0.3, -0.25) is 4.79 Å². The molecule has 1 aromatic heterocycles. The maximum absolute atomic E-state index is 12.4. The normalized spacial score (nSPS) is 14.1. The first-order chi connectivity index (χ1) is 10.7. The molecular weight excluding hydrogens is 296 g/mol. The summed E-state index contributed by atoms with van der Waals surface area (Å²) in [5.74, 6) is 1.10. The number of para-hydroxylation sites is 1. The molecule has 0 spiro atoms. The highest BCUT2D eigenvalue weighted by Gasteiger charge is 2.19. The van der Waals surface area contributed by atoms with Crippen molar-refractivity contribution in [3.8, 4) is 5.75 Å². The third-order valence-electron chi connectivity index (χ3n) is 3.80. The molecule has 22 heavy (non-hydrogen) atoms. The molecule has 0 atom stereocenters. The van der Waals surface area contributed by atoms with E-state index in [1.54, 1.807) is 11.3 Å². The van der Waals surface area contributed by atoms with Crippen LogP contribution in [0.15, 0.2) is 29.6 Å². The highest BCUT2D eigenvalue weighted by atomic mass is 32.1. The smallest absolute Gasteiger partial charge is 0.222 e. The summed E-state index contributed by atoms with van der Waals surface area (Å²) in [6.45, 7) is 3.87. The van der Waals surface area contributed by atoms with Gasteiger partial charge in [-0.15, -0.1) is 11.3 Å². The number of nitrogens with zero attached hydrogens (tertiary/aromatic N) is 2. The van der Waals surface area contributed by atoms with Gasteiger partial charge in [0.2, 0.25) is 5.91 Å². The van der Waals surface area contributed by atoms with Crippen LogP contribution in [0.4, 0.5) is 0 Å². The number of aryl methyl sites for hydroxylation is 2. The number of hydrogen-bond acceptors (Lipinski definition) is 4. The third-order valence-corrected chi connectivity index (χ3v) is 4.62. The Balaban J connectivity index is 1.54. The Morgan fingerprint density at radius 3 is 3.09 bits per heavy atom. The first-order valence-electron chi connectivity index (χ1n) is 7.62. The van der Waals surface area contributed by atoms with Crippen molar-refractivity contribution in [1.82, 2.24) is 9.88 Å².